The van der Waals surface area contributed by atoms with Gasteiger partial charge in [0.1, 0.15) is 5.69 Å². The minimum Gasteiger partial charge on any atom is -0.354 e. The Morgan fingerprint density at radius 2 is 2.04 bits per heavy atom. The molecule has 5 heteroatoms. The van der Waals surface area contributed by atoms with E-state index in [1.807, 2.05) is 45.0 Å². The van der Waals surface area contributed by atoms with E-state index in [2.05, 4.69) is 16.4 Å². The van der Waals surface area contributed by atoms with Gasteiger partial charge in [0.15, 0.2) is 0 Å². The summed E-state index contributed by atoms with van der Waals surface area (Å²) in [5.41, 5.74) is 4.86. The minimum absolute atomic E-state index is 0.00761. The molecule has 138 valence electrons. The van der Waals surface area contributed by atoms with Gasteiger partial charge in [0.2, 0.25) is 5.91 Å². The van der Waals surface area contributed by atoms with E-state index in [-0.39, 0.29) is 17.7 Å². The van der Waals surface area contributed by atoms with Crippen molar-refractivity contribution in [3.63, 3.8) is 0 Å². The molecule has 0 radical (unpaired) electrons. The highest BCUT2D eigenvalue weighted by molar-refractivity contribution is 5.94. The summed E-state index contributed by atoms with van der Waals surface area (Å²) in [7, 11) is 0. The van der Waals surface area contributed by atoms with Gasteiger partial charge in [-0.2, -0.15) is 0 Å². The van der Waals surface area contributed by atoms with E-state index < -0.39 is 0 Å². The molecule has 1 fully saturated rings. The lowest BCUT2D eigenvalue weighted by Gasteiger charge is -2.32. The molecule has 1 saturated heterocycles. The van der Waals surface area contributed by atoms with Crippen LogP contribution in [0.4, 0.5) is 0 Å². The Kier molecular flexibility index (Phi) is 5.45. The SMILES string of the molecule is Cc1cccc(CNC(=O)[C@@H]2CCCN(C(=O)c3[nH]c(C)cc3C)C2)c1. The molecule has 3 rings (SSSR count). The lowest BCUT2D eigenvalue weighted by Crippen LogP contribution is -2.45. The molecule has 0 unspecified atom stereocenters. The highest BCUT2D eigenvalue weighted by Gasteiger charge is 2.29. The third kappa shape index (κ3) is 4.15. The van der Waals surface area contributed by atoms with Gasteiger partial charge in [0, 0.05) is 25.3 Å². The first-order valence-electron chi connectivity index (χ1n) is 9.23. The number of H-pyrrole nitrogens is 1. The number of aryl methyl sites for hydroxylation is 3. The van der Waals surface area contributed by atoms with Crippen molar-refractivity contribution < 1.29 is 9.59 Å². The molecule has 2 N–H and O–H groups in total. The van der Waals surface area contributed by atoms with Crippen molar-refractivity contribution in [3.05, 3.63) is 58.4 Å². The van der Waals surface area contributed by atoms with Crippen LogP contribution in [0, 0.1) is 26.7 Å². The van der Waals surface area contributed by atoms with Crippen LogP contribution < -0.4 is 5.32 Å². The minimum atomic E-state index is -0.145. The molecule has 1 aromatic heterocycles. The number of aromatic amines is 1. The highest BCUT2D eigenvalue weighted by atomic mass is 16.2. The Hall–Kier alpha value is -2.56. The fourth-order valence-corrected chi connectivity index (χ4v) is 3.64. The Labute approximate surface area is 154 Å². The van der Waals surface area contributed by atoms with E-state index in [1.54, 1.807) is 4.90 Å². The molecule has 1 aliphatic rings. The van der Waals surface area contributed by atoms with E-state index in [0.717, 1.165) is 29.7 Å². The first-order chi connectivity index (χ1) is 12.4. The number of hydrogen-bond acceptors (Lipinski definition) is 2. The van der Waals surface area contributed by atoms with Gasteiger partial charge < -0.3 is 15.2 Å². The van der Waals surface area contributed by atoms with Crippen LogP contribution >= 0.6 is 0 Å². The van der Waals surface area contributed by atoms with Crippen LogP contribution in [0.5, 0.6) is 0 Å². The van der Waals surface area contributed by atoms with Crippen molar-refractivity contribution in [1.82, 2.24) is 15.2 Å². The molecule has 0 spiro atoms. The molecule has 0 saturated carbocycles. The molecule has 1 aromatic carbocycles. The third-order valence-electron chi connectivity index (χ3n) is 4.99. The van der Waals surface area contributed by atoms with E-state index in [1.165, 1.54) is 5.56 Å². The third-order valence-corrected chi connectivity index (χ3v) is 4.99. The number of carbonyl (C=O) groups excluding carboxylic acids is 2. The van der Waals surface area contributed by atoms with Gasteiger partial charge in [0.05, 0.1) is 5.92 Å². The second-order valence-corrected chi connectivity index (χ2v) is 7.31. The summed E-state index contributed by atoms with van der Waals surface area (Å²) in [5.74, 6) is -0.121. The predicted molar refractivity (Wildman–Crippen MR) is 102 cm³/mol. The maximum Gasteiger partial charge on any atom is 0.270 e. The zero-order valence-electron chi connectivity index (χ0n) is 15.8. The van der Waals surface area contributed by atoms with Crippen LogP contribution in [0.2, 0.25) is 0 Å². The Morgan fingerprint density at radius 1 is 1.23 bits per heavy atom. The molecule has 26 heavy (non-hydrogen) atoms. The van der Waals surface area contributed by atoms with E-state index >= 15 is 0 Å². The fraction of sp³-hybridized carbons (Fsp3) is 0.429. The summed E-state index contributed by atoms with van der Waals surface area (Å²) in [6.45, 7) is 7.64. The zero-order valence-corrected chi connectivity index (χ0v) is 15.8. The highest BCUT2D eigenvalue weighted by Crippen LogP contribution is 2.20. The molecule has 5 nitrogen and oxygen atoms in total. The molecule has 0 aliphatic carbocycles. The first-order valence-corrected chi connectivity index (χ1v) is 9.23. The van der Waals surface area contributed by atoms with Gasteiger partial charge in [-0.3, -0.25) is 9.59 Å². The molecular formula is C21H27N3O2. The number of benzene rings is 1. The van der Waals surface area contributed by atoms with E-state index in [4.69, 9.17) is 0 Å². The summed E-state index contributed by atoms with van der Waals surface area (Å²) in [6, 6.07) is 10.1. The second-order valence-electron chi connectivity index (χ2n) is 7.31. The number of likely N-dealkylation sites (tertiary alicyclic amines) is 1. The van der Waals surface area contributed by atoms with Gasteiger partial charge in [-0.1, -0.05) is 29.8 Å². The molecule has 2 heterocycles. The number of carbonyl (C=O) groups is 2. The second kappa shape index (κ2) is 7.77. The quantitative estimate of drug-likeness (QED) is 0.887. The summed E-state index contributed by atoms with van der Waals surface area (Å²) >= 11 is 0. The fourth-order valence-electron chi connectivity index (χ4n) is 3.64. The van der Waals surface area contributed by atoms with E-state index in [0.29, 0.717) is 25.3 Å². The Balaban J connectivity index is 1.60. The van der Waals surface area contributed by atoms with Crippen LogP contribution in [0.25, 0.3) is 0 Å². The van der Waals surface area contributed by atoms with Gasteiger partial charge in [0.25, 0.3) is 5.91 Å². The summed E-state index contributed by atoms with van der Waals surface area (Å²) in [4.78, 5) is 30.3. The van der Waals surface area contributed by atoms with Crippen LogP contribution in [-0.4, -0.2) is 34.8 Å². The first kappa shape index (κ1) is 18.2. The lowest BCUT2D eigenvalue weighted by molar-refractivity contribution is -0.126. The van der Waals surface area contributed by atoms with Crippen LogP contribution in [0.3, 0.4) is 0 Å². The maximum absolute atomic E-state index is 12.8. The van der Waals surface area contributed by atoms with Gasteiger partial charge in [-0.15, -0.1) is 0 Å². The van der Waals surface area contributed by atoms with Gasteiger partial charge >= 0.3 is 0 Å². The summed E-state index contributed by atoms with van der Waals surface area (Å²) in [5, 5.41) is 3.03. The normalized spacial score (nSPS) is 17.2. The molecule has 2 aromatic rings. The maximum atomic E-state index is 12.8. The number of hydrogen-bond donors (Lipinski definition) is 2. The lowest BCUT2D eigenvalue weighted by atomic mass is 9.96. The van der Waals surface area contributed by atoms with Crippen molar-refractivity contribution >= 4 is 11.8 Å². The van der Waals surface area contributed by atoms with Crippen molar-refractivity contribution in [2.75, 3.05) is 13.1 Å². The van der Waals surface area contributed by atoms with Crippen LogP contribution in [0.1, 0.15) is 45.7 Å². The molecule has 1 atom stereocenters. The number of nitrogens with one attached hydrogen (secondary N) is 2. The van der Waals surface area contributed by atoms with Gasteiger partial charge in [-0.05, 0) is 50.8 Å². The summed E-state index contributed by atoms with van der Waals surface area (Å²) < 4.78 is 0. The molecule has 2 amide bonds. The molecule has 1 aliphatic heterocycles. The van der Waals surface area contributed by atoms with Crippen LogP contribution in [0.15, 0.2) is 30.3 Å². The van der Waals surface area contributed by atoms with Crippen LogP contribution in [-0.2, 0) is 11.3 Å². The predicted octanol–water partition coefficient (Wildman–Crippen LogP) is 3.11. The summed E-state index contributed by atoms with van der Waals surface area (Å²) in [6.07, 6.45) is 1.68. The Bertz CT molecular complexity index is 809. The average Bonchev–Trinajstić information content (AvgIpc) is 2.97. The number of nitrogens with zero attached hydrogens (tertiary/aromatic N) is 1. The average molecular weight is 353 g/mol. The molecule has 0 bridgehead atoms. The van der Waals surface area contributed by atoms with Gasteiger partial charge in [-0.25, -0.2) is 0 Å². The monoisotopic (exact) mass is 353 g/mol. The molecular weight excluding hydrogens is 326 g/mol. The van der Waals surface area contributed by atoms with E-state index in [9.17, 15) is 9.59 Å². The standard InChI is InChI=1S/C21H27N3O2/c1-14-6-4-7-17(10-14)12-22-20(25)18-8-5-9-24(13-18)21(26)19-15(2)11-16(3)23-19/h4,6-7,10-11,18,23H,5,8-9,12-13H2,1-3H3,(H,22,25)/t18-/m1/s1. The number of piperidine rings is 1. The number of amides is 2. The Morgan fingerprint density at radius 3 is 2.73 bits per heavy atom. The topological polar surface area (TPSA) is 65.2 Å². The van der Waals surface area contributed by atoms with Crippen molar-refractivity contribution in [2.45, 2.75) is 40.2 Å². The number of rotatable bonds is 4. The smallest absolute Gasteiger partial charge is 0.270 e. The largest absolute Gasteiger partial charge is 0.354 e. The van der Waals surface area contributed by atoms with Crippen molar-refractivity contribution in [2.24, 2.45) is 5.92 Å². The van der Waals surface area contributed by atoms with Crippen molar-refractivity contribution in [1.29, 1.82) is 0 Å². The zero-order chi connectivity index (χ0) is 18.7. The van der Waals surface area contributed by atoms with Crippen molar-refractivity contribution in [3.8, 4) is 0 Å². The number of aromatic nitrogens is 1.